The number of hydrogen-bond donors (Lipinski definition) is 2. The Hall–Kier alpha value is -3.80. The Kier molecular flexibility index (Phi) is 4.27. The second-order valence-corrected chi connectivity index (χ2v) is 7.12. The van der Waals surface area contributed by atoms with Gasteiger partial charge in [-0.25, -0.2) is 0 Å². The quantitative estimate of drug-likeness (QED) is 0.618. The van der Waals surface area contributed by atoms with Gasteiger partial charge < -0.3 is 10.2 Å². The molecule has 0 saturated heterocycles. The number of allylic oxidation sites excluding steroid dienone is 3. The molecule has 2 aliphatic rings. The second kappa shape index (κ2) is 6.67. The number of phenols is 1. The fourth-order valence-corrected chi connectivity index (χ4v) is 3.68. The minimum Gasteiger partial charge on any atom is -0.507 e. The van der Waals surface area contributed by atoms with Gasteiger partial charge in [-0.05, 0) is 17.7 Å². The maximum atomic E-state index is 13.0. The molecule has 6 heteroatoms. The van der Waals surface area contributed by atoms with E-state index in [4.69, 9.17) is 0 Å². The molecule has 0 aromatic heterocycles. The molecular formula is C23H16O6. The van der Waals surface area contributed by atoms with E-state index < -0.39 is 34.8 Å². The van der Waals surface area contributed by atoms with Crippen molar-refractivity contribution in [2.45, 2.75) is 13.3 Å². The Morgan fingerprint density at radius 1 is 1.00 bits per heavy atom. The largest absolute Gasteiger partial charge is 0.507 e. The number of carbonyl (C=O) groups is 4. The lowest BCUT2D eigenvalue weighted by molar-refractivity contribution is -0.135. The van der Waals surface area contributed by atoms with E-state index in [1.807, 2.05) is 0 Å². The maximum absolute atomic E-state index is 13.0. The third-order valence-electron chi connectivity index (χ3n) is 5.15. The van der Waals surface area contributed by atoms with Gasteiger partial charge in [0.1, 0.15) is 11.5 Å². The van der Waals surface area contributed by atoms with Crippen LogP contribution in [0, 0.1) is 5.92 Å². The fraction of sp³-hybridized carbons (Fsp3) is 0.130. The van der Waals surface area contributed by atoms with Crippen molar-refractivity contribution in [1.29, 1.82) is 0 Å². The van der Waals surface area contributed by atoms with Gasteiger partial charge in [-0.3, -0.25) is 19.2 Å². The molecule has 0 bridgehead atoms. The number of fused-ring (bicyclic) bond motifs is 2. The minimum absolute atomic E-state index is 0.0114. The third-order valence-corrected chi connectivity index (χ3v) is 5.15. The molecule has 0 amide bonds. The summed E-state index contributed by atoms with van der Waals surface area (Å²) in [6.45, 7) is 1.50. The van der Waals surface area contributed by atoms with Gasteiger partial charge >= 0.3 is 0 Å². The van der Waals surface area contributed by atoms with Gasteiger partial charge in [0.05, 0.1) is 11.1 Å². The van der Waals surface area contributed by atoms with Crippen LogP contribution >= 0.6 is 0 Å². The summed E-state index contributed by atoms with van der Waals surface area (Å²) in [7, 11) is 0. The van der Waals surface area contributed by atoms with Gasteiger partial charge in [-0.1, -0.05) is 43.3 Å². The van der Waals surface area contributed by atoms with Crippen LogP contribution in [0.3, 0.4) is 0 Å². The minimum atomic E-state index is -0.950. The predicted octanol–water partition coefficient (Wildman–Crippen LogP) is 3.00. The molecular weight excluding hydrogens is 372 g/mol. The Morgan fingerprint density at radius 2 is 1.69 bits per heavy atom. The first-order chi connectivity index (χ1) is 13.8. The number of aromatic hydroxyl groups is 1. The molecule has 1 unspecified atom stereocenters. The molecule has 144 valence electrons. The Balaban J connectivity index is 1.81. The van der Waals surface area contributed by atoms with Crippen molar-refractivity contribution >= 4 is 28.9 Å². The van der Waals surface area contributed by atoms with Gasteiger partial charge in [0.2, 0.25) is 11.6 Å². The molecule has 2 aromatic carbocycles. The summed E-state index contributed by atoms with van der Waals surface area (Å²) in [4.78, 5) is 49.8. The third kappa shape index (κ3) is 2.89. The first kappa shape index (κ1) is 18.6. The fourth-order valence-electron chi connectivity index (χ4n) is 3.68. The molecule has 29 heavy (non-hydrogen) atoms. The lowest BCUT2D eigenvalue weighted by atomic mass is 9.76. The highest BCUT2D eigenvalue weighted by atomic mass is 16.3. The van der Waals surface area contributed by atoms with Crippen LogP contribution in [0.4, 0.5) is 0 Å². The first-order valence-corrected chi connectivity index (χ1v) is 9.02. The molecule has 6 nitrogen and oxygen atoms in total. The highest BCUT2D eigenvalue weighted by molar-refractivity contribution is 6.50. The highest BCUT2D eigenvalue weighted by Gasteiger charge is 2.41. The predicted molar refractivity (Wildman–Crippen MR) is 104 cm³/mol. The van der Waals surface area contributed by atoms with E-state index in [-0.39, 0.29) is 34.5 Å². The van der Waals surface area contributed by atoms with Crippen molar-refractivity contribution in [2.24, 2.45) is 5.92 Å². The normalized spacial score (nSPS) is 18.3. The molecule has 2 N–H and O–H groups in total. The van der Waals surface area contributed by atoms with Gasteiger partial charge in [0, 0.05) is 29.0 Å². The monoisotopic (exact) mass is 388 g/mol. The van der Waals surface area contributed by atoms with E-state index in [0.29, 0.717) is 11.1 Å². The Labute approximate surface area is 165 Å². The molecule has 0 fully saturated rings. The summed E-state index contributed by atoms with van der Waals surface area (Å²) in [6, 6.07) is 11.3. The van der Waals surface area contributed by atoms with E-state index in [0.717, 1.165) is 0 Å². The van der Waals surface area contributed by atoms with Crippen LogP contribution in [0.2, 0.25) is 0 Å². The lowest BCUT2D eigenvalue weighted by Crippen LogP contribution is -2.33. The summed E-state index contributed by atoms with van der Waals surface area (Å²) in [6.07, 6.45) is 1.29. The number of aliphatic hydroxyl groups is 1. The smallest absolute Gasteiger partial charge is 0.233 e. The summed E-state index contributed by atoms with van der Waals surface area (Å²) < 4.78 is 0. The van der Waals surface area contributed by atoms with Gasteiger partial charge in [-0.2, -0.15) is 0 Å². The number of hydrogen-bond acceptors (Lipinski definition) is 6. The topological polar surface area (TPSA) is 109 Å². The van der Waals surface area contributed by atoms with E-state index in [1.165, 1.54) is 25.1 Å². The van der Waals surface area contributed by atoms with Crippen molar-refractivity contribution in [2.75, 3.05) is 0 Å². The maximum Gasteiger partial charge on any atom is 0.233 e. The number of Topliss-reactive ketones (excluding diaryl/α,β-unsaturated/α-hetero) is 4. The van der Waals surface area contributed by atoms with Gasteiger partial charge in [0.25, 0.3) is 0 Å². The average Bonchev–Trinajstić information content (AvgIpc) is 2.70. The Bertz CT molecular complexity index is 1170. The summed E-state index contributed by atoms with van der Waals surface area (Å²) in [5, 5.41) is 21.0. The van der Waals surface area contributed by atoms with E-state index >= 15 is 0 Å². The average molecular weight is 388 g/mol. The van der Waals surface area contributed by atoms with Crippen molar-refractivity contribution in [3.05, 3.63) is 81.9 Å². The second-order valence-electron chi connectivity index (χ2n) is 7.12. The molecule has 0 spiro atoms. The number of ketones is 4. The SMILES string of the molecule is CC1C=C2C(=O)c3cc(CC(=O)c4ccccc4)cc(O)c3C(O)=C2C(=O)C1=O. The molecule has 0 saturated carbocycles. The number of aliphatic hydroxyl groups excluding tert-OH is 1. The summed E-state index contributed by atoms with van der Waals surface area (Å²) >= 11 is 0. The van der Waals surface area contributed by atoms with Crippen molar-refractivity contribution in [1.82, 2.24) is 0 Å². The van der Waals surface area contributed by atoms with Crippen LogP contribution in [-0.2, 0) is 16.0 Å². The summed E-state index contributed by atoms with van der Waals surface area (Å²) in [5.41, 5.74) is 0.240. The number of benzene rings is 2. The molecule has 0 heterocycles. The number of rotatable bonds is 3. The zero-order valence-corrected chi connectivity index (χ0v) is 15.4. The van der Waals surface area contributed by atoms with Crippen molar-refractivity contribution < 1.29 is 29.4 Å². The number of phenolic OH excluding ortho intramolecular Hbond substituents is 1. The molecule has 4 rings (SSSR count). The Morgan fingerprint density at radius 3 is 2.38 bits per heavy atom. The molecule has 2 aromatic rings. The molecule has 0 aliphatic heterocycles. The van der Waals surface area contributed by atoms with E-state index in [2.05, 4.69) is 0 Å². The van der Waals surface area contributed by atoms with E-state index in [1.54, 1.807) is 30.3 Å². The van der Waals surface area contributed by atoms with E-state index in [9.17, 15) is 29.4 Å². The van der Waals surface area contributed by atoms with Crippen LogP contribution < -0.4 is 0 Å². The molecule has 2 aliphatic carbocycles. The van der Waals surface area contributed by atoms with Crippen LogP contribution in [0.15, 0.2) is 59.7 Å². The van der Waals surface area contributed by atoms with Crippen LogP contribution in [0.25, 0.3) is 5.76 Å². The van der Waals surface area contributed by atoms with Crippen molar-refractivity contribution in [3.63, 3.8) is 0 Å². The molecule has 1 atom stereocenters. The highest BCUT2D eigenvalue weighted by Crippen LogP contribution is 2.41. The van der Waals surface area contributed by atoms with Crippen LogP contribution in [-0.4, -0.2) is 33.3 Å². The van der Waals surface area contributed by atoms with Gasteiger partial charge in [0.15, 0.2) is 11.6 Å². The zero-order valence-electron chi connectivity index (χ0n) is 15.4. The number of carbonyl (C=O) groups excluding carboxylic acids is 4. The lowest BCUT2D eigenvalue weighted by Gasteiger charge is -2.25. The van der Waals surface area contributed by atoms with Crippen LogP contribution in [0.5, 0.6) is 5.75 Å². The van der Waals surface area contributed by atoms with Crippen molar-refractivity contribution in [3.8, 4) is 5.75 Å². The molecule has 0 radical (unpaired) electrons. The summed E-state index contributed by atoms with van der Waals surface area (Å²) in [5.74, 6) is -4.27. The zero-order chi connectivity index (χ0) is 20.9. The first-order valence-electron chi connectivity index (χ1n) is 9.02. The van der Waals surface area contributed by atoms with Crippen LogP contribution in [0.1, 0.15) is 38.8 Å². The van der Waals surface area contributed by atoms with Gasteiger partial charge in [-0.15, -0.1) is 0 Å². The standard InChI is InChI=1S/C23H16O6/c1-11-7-14-19(23(29)20(11)26)22(28)18-15(21(14)27)8-12(10-17(18)25)9-16(24)13-5-3-2-4-6-13/h2-8,10-11,25,28H,9H2,1H3.